The summed E-state index contributed by atoms with van der Waals surface area (Å²) in [6, 6.07) is 1.73. The van der Waals surface area contributed by atoms with Gasteiger partial charge in [-0.2, -0.15) is 0 Å². The van der Waals surface area contributed by atoms with Crippen LogP contribution in [-0.2, 0) is 11.3 Å². The second kappa shape index (κ2) is 6.86. The van der Waals surface area contributed by atoms with Crippen molar-refractivity contribution in [3.8, 4) is 0 Å². The van der Waals surface area contributed by atoms with Crippen molar-refractivity contribution in [1.29, 1.82) is 0 Å². The van der Waals surface area contributed by atoms with Crippen molar-refractivity contribution in [3.63, 3.8) is 0 Å². The molecule has 4 N–H and O–H groups in total. The first-order valence-corrected chi connectivity index (χ1v) is 5.13. The predicted molar refractivity (Wildman–Crippen MR) is 58.6 cm³/mol. The van der Waals surface area contributed by atoms with Crippen LogP contribution >= 0.6 is 0 Å². The fourth-order valence-corrected chi connectivity index (χ4v) is 1.26. The molecule has 0 aromatic carbocycles. The maximum Gasteiger partial charge on any atom is 0.303 e. The maximum absolute atomic E-state index is 10.4. The normalized spacial score (nSPS) is 12.3. The van der Waals surface area contributed by atoms with Gasteiger partial charge < -0.3 is 16.2 Å². The van der Waals surface area contributed by atoms with Crippen molar-refractivity contribution in [2.45, 2.75) is 25.4 Å². The van der Waals surface area contributed by atoms with Crippen LogP contribution in [0.15, 0.2) is 18.5 Å². The average Bonchev–Trinajstić information content (AvgIpc) is 2.30. The van der Waals surface area contributed by atoms with Crippen LogP contribution < -0.4 is 11.1 Å². The van der Waals surface area contributed by atoms with Crippen molar-refractivity contribution in [2.24, 2.45) is 5.73 Å². The lowest BCUT2D eigenvalue weighted by atomic mass is 10.1. The minimum atomic E-state index is -0.809. The monoisotopic (exact) mass is 224 g/mol. The first-order valence-electron chi connectivity index (χ1n) is 5.13. The molecule has 0 aliphatic carbocycles. The topological polar surface area (TPSA) is 101 Å². The van der Waals surface area contributed by atoms with Crippen LogP contribution in [-0.4, -0.2) is 33.6 Å². The molecule has 1 aromatic heterocycles. The van der Waals surface area contributed by atoms with Gasteiger partial charge in [-0.25, -0.2) is 9.97 Å². The Hall–Kier alpha value is -1.53. The van der Waals surface area contributed by atoms with E-state index in [1.54, 1.807) is 18.5 Å². The van der Waals surface area contributed by atoms with E-state index in [0.717, 1.165) is 0 Å². The van der Waals surface area contributed by atoms with Gasteiger partial charge in [-0.05, 0) is 12.5 Å². The van der Waals surface area contributed by atoms with Gasteiger partial charge in [0.15, 0.2) is 0 Å². The van der Waals surface area contributed by atoms with Gasteiger partial charge in [0.1, 0.15) is 5.82 Å². The molecule has 1 heterocycles. The number of nitrogens with two attached hydrogens (primary N) is 1. The number of hydrogen-bond donors (Lipinski definition) is 3. The molecule has 0 aliphatic heterocycles. The zero-order valence-corrected chi connectivity index (χ0v) is 8.97. The number of hydrogen-bond acceptors (Lipinski definition) is 5. The van der Waals surface area contributed by atoms with Gasteiger partial charge in [0.25, 0.3) is 0 Å². The number of nitrogens with zero attached hydrogens (tertiary/aromatic N) is 2. The molecule has 0 bridgehead atoms. The van der Waals surface area contributed by atoms with E-state index < -0.39 is 5.97 Å². The predicted octanol–water partition coefficient (Wildman–Crippen LogP) is -0.242. The molecular formula is C10H16N4O2. The Labute approximate surface area is 93.9 Å². The molecule has 88 valence electrons. The highest BCUT2D eigenvalue weighted by atomic mass is 16.4. The van der Waals surface area contributed by atoms with Crippen molar-refractivity contribution in [2.75, 3.05) is 6.54 Å². The van der Waals surface area contributed by atoms with Crippen LogP contribution in [0, 0.1) is 0 Å². The summed E-state index contributed by atoms with van der Waals surface area (Å²) in [4.78, 5) is 18.5. The fourth-order valence-electron chi connectivity index (χ4n) is 1.26. The number of carboxylic acids is 1. The lowest BCUT2D eigenvalue weighted by Gasteiger charge is -2.14. The maximum atomic E-state index is 10.4. The summed E-state index contributed by atoms with van der Waals surface area (Å²) in [5.74, 6) is -0.132. The summed E-state index contributed by atoms with van der Waals surface area (Å²) in [6.45, 7) is 0.905. The third-order valence-corrected chi connectivity index (χ3v) is 2.16. The number of rotatable bonds is 7. The van der Waals surface area contributed by atoms with Crippen molar-refractivity contribution in [3.05, 3.63) is 24.3 Å². The summed E-state index contributed by atoms with van der Waals surface area (Å²) in [5, 5.41) is 11.7. The molecule has 0 saturated heterocycles. The first-order chi connectivity index (χ1) is 7.72. The Balaban J connectivity index is 2.31. The van der Waals surface area contributed by atoms with Crippen LogP contribution in [0.5, 0.6) is 0 Å². The lowest BCUT2D eigenvalue weighted by molar-refractivity contribution is -0.137. The second-order valence-electron chi connectivity index (χ2n) is 3.41. The Morgan fingerprint density at radius 2 is 2.19 bits per heavy atom. The van der Waals surface area contributed by atoms with E-state index in [9.17, 15) is 4.79 Å². The molecule has 0 fully saturated rings. The summed E-state index contributed by atoms with van der Waals surface area (Å²) in [5.41, 5.74) is 5.53. The minimum Gasteiger partial charge on any atom is -0.481 e. The molecule has 0 amide bonds. The third-order valence-electron chi connectivity index (χ3n) is 2.16. The van der Waals surface area contributed by atoms with Gasteiger partial charge in [0.05, 0.1) is 6.54 Å². The van der Waals surface area contributed by atoms with Crippen molar-refractivity contribution < 1.29 is 9.90 Å². The molecule has 0 spiro atoms. The quantitative estimate of drug-likeness (QED) is 0.591. The Kier molecular flexibility index (Phi) is 5.38. The second-order valence-corrected chi connectivity index (χ2v) is 3.41. The van der Waals surface area contributed by atoms with E-state index in [1.807, 2.05) is 0 Å². The van der Waals surface area contributed by atoms with E-state index in [-0.39, 0.29) is 12.5 Å². The molecule has 1 aromatic rings. The van der Waals surface area contributed by atoms with Gasteiger partial charge in [-0.15, -0.1) is 0 Å². The van der Waals surface area contributed by atoms with Gasteiger partial charge in [-0.1, -0.05) is 0 Å². The van der Waals surface area contributed by atoms with Crippen molar-refractivity contribution >= 4 is 5.97 Å². The Bertz CT molecular complexity index is 318. The Morgan fingerprint density at radius 1 is 1.50 bits per heavy atom. The number of carboxylic acid groups (broad SMARTS) is 1. The van der Waals surface area contributed by atoms with E-state index in [2.05, 4.69) is 15.3 Å². The Morgan fingerprint density at radius 3 is 2.75 bits per heavy atom. The molecule has 6 nitrogen and oxygen atoms in total. The zero-order valence-electron chi connectivity index (χ0n) is 8.97. The molecule has 0 aliphatic rings. The van der Waals surface area contributed by atoms with Gasteiger partial charge in [0, 0.05) is 31.4 Å². The third kappa shape index (κ3) is 4.81. The number of carbonyl (C=O) groups is 1. The largest absolute Gasteiger partial charge is 0.481 e. The molecule has 6 heteroatoms. The number of nitrogens with one attached hydrogen (secondary N) is 1. The molecule has 0 radical (unpaired) electrons. The standard InChI is InChI=1S/C10H16N4O2/c11-6-8(2-3-10(15)16)14-7-9-12-4-1-5-13-9/h1,4-5,8,14H,2-3,6-7,11H2,(H,15,16). The highest BCUT2D eigenvalue weighted by Gasteiger charge is 2.08. The summed E-state index contributed by atoms with van der Waals surface area (Å²) in [7, 11) is 0. The first kappa shape index (κ1) is 12.5. The van der Waals surface area contributed by atoms with Crippen LogP contribution in [0.4, 0.5) is 0 Å². The molecule has 1 unspecified atom stereocenters. The van der Waals surface area contributed by atoms with Crippen LogP contribution in [0.25, 0.3) is 0 Å². The van der Waals surface area contributed by atoms with Gasteiger partial charge in [-0.3, -0.25) is 4.79 Å². The molecule has 1 rings (SSSR count). The van der Waals surface area contributed by atoms with Gasteiger partial charge >= 0.3 is 5.97 Å². The smallest absolute Gasteiger partial charge is 0.303 e. The molecular weight excluding hydrogens is 208 g/mol. The van der Waals surface area contributed by atoms with E-state index in [0.29, 0.717) is 25.3 Å². The van der Waals surface area contributed by atoms with Crippen LogP contribution in [0.2, 0.25) is 0 Å². The van der Waals surface area contributed by atoms with Crippen molar-refractivity contribution in [1.82, 2.24) is 15.3 Å². The average molecular weight is 224 g/mol. The zero-order chi connectivity index (χ0) is 11.8. The number of aromatic nitrogens is 2. The highest BCUT2D eigenvalue weighted by molar-refractivity contribution is 5.66. The minimum absolute atomic E-state index is 0.0140. The molecule has 1 atom stereocenters. The van der Waals surface area contributed by atoms with E-state index >= 15 is 0 Å². The summed E-state index contributed by atoms with van der Waals surface area (Å²) < 4.78 is 0. The molecule has 16 heavy (non-hydrogen) atoms. The van der Waals surface area contributed by atoms with E-state index in [1.165, 1.54) is 0 Å². The summed E-state index contributed by atoms with van der Waals surface area (Å²) >= 11 is 0. The SMILES string of the molecule is NCC(CCC(=O)O)NCc1ncccn1. The number of aliphatic carboxylic acids is 1. The molecule has 0 saturated carbocycles. The van der Waals surface area contributed by atoms with Crippen LogP contribution in [0.3, 0.4) is 0 Å². The van der Waals surface area contributed by atoms with Gasteiger partial charge in [0.2, 0.25) is 0 Å². The lowest BCUT2D eigenvalue weighted by Crippen LogP contribution is -2.36. The summed E-state index contributed by atoms with van der Waals surface area (Å²) in [6.07, 6.45) is 3.96. The highest BCUT2D eigenvalue weighted by Crippen LogP contribution is 1.97. The fraction of sp³-hybridized carbons (Fsp3) is 0.500. The van der Waals surface area contributed by atoms with Crippen LogP contribution in [0.1, 0.15) is 18.7 Å². The van der Waals surface area contributed by atoms with E-state index in [4.69, 9.17) is 10.8 Å².